The highest BCUT2D eigenvalue weighted by Gasteiger charge is 2.68. The number of hydrogen-bond donors (Lipinski definition) is 1. The minimum absolute atomic E-state index is 0.00308. The number of phenols is 1. The summed E-state index contributed by atoms with van der Waals surface area (Å²) >= 11 is 11.3. The summed E-state index contributed by atoms with van der Waals surface area (Å²) in [5.74, 6) is -4.35. The van der Waals surface area contributed by atoms with Crippen molar-refractivity contribution in [2.45, 2.75) is 32.6 Å². The minimum Gasteiger partial charge on any atom is -0.508 e. The third kappa shape index (κ3) is 4.55. The third-order valence-corrected chi connectivity index (χ3v) is 13.9. The van der Waals surface area contributed by atoms with E-state index in [4.69, 9.17) is 16.7 Å². The maximum absolute atomic E-state index is 15.0. The normalized spacial score (nSPS) is 26.9. The molecule has 4 heterocycles. The van der Waals surface area contributed by atoms with E-state index in [1.165, 1.54) is 9.80 Å². The zero-order valence-electron chi connectivity index (χ0n) is 28.3. The van der Waals surface area contributed by atoms with Gasteiger partial charge in [0.2, 0.25) is 23.6 Å². The van der Waals surface area contributed by atoms with Crippen LogP contribution in [0.2, 0.25) is 5.02 Å². The Bertz CT molecular complexity index is 2440. The van der Waals surface area contributed by atoms with Crippen molar-refractivity contribution >= 4 is 84.1 Å². The molecule has 5 aromatic rings. The third-order valence-electron chi connectivity index (χ3n) is 11.8. The Kier molecular flexibility index (Phi) is 7.49. The lowest BCUT2D eigenvalue weighted by Gasteiger charge is -2.49. The minimum atomic E-state index is -1.29. The van der Waals surface area contributed by atoms with E-state index in [9.17, 15) is 19.5 Å². The van der Waals surface area contributed by atoms with E-state index in [0.29, 0.717) is 34.2 Å². The number of nitrogens with zero attached hydrogens (tertiary/aromatic N) is 4. The molecule has 1 saturated carbocycles. The standard InChI is InChI=1S/C40H32BrClN4O5S/c1-19-26-16-21(42)10-15-31(26)52-35(19)29-18-32(44(3)43-29)46-37(49)28-17-27-23(34(40(28,2)39(46)51)24-6-4-5-7-30(24)47)13-14-25-33(27)38(50)45(36(25)48)22-11-8-20(41)9-12-22/h4-13,15-16,18,25,27-28,33-34,47H,14,17H2,1-3H3. The Morgan fingerprint density at radius 1 is 0.942 bits per heavy atom. The number of rotatable bonds is 4. The number of carbonyl (C=O) groups excluding carboxylic acids is 4. The molecular formula is C40H32BrClN4O5S. The molecule has 3 aromatic carbocycles. The number of para-hydroxylation sites is 1. The van der Waals surface area contributed by atoms with Gasteiger partial charge in [-0.25, -0.2) is 4.90 Å². The van der Waals surface area contributed by atoms with Gasteiger partial charge in [0.1, 0.15) is 17.3 Å². The van der Waals surface area contributed by atoms with Crippen LogP contribution in [0.5, 0.6) is 5.75 Å². The summed E-state index contributed by atoms with van der Waals surface area (Å²) in [7, 11) is 1.72. The Labute approximate surface area is 316 Å². The number of anilines is 2. The number of benzene rings is 3. The number of thiophene rings is 1. The van der Waals surface area contributed by atoms with Crippen LogP contribution < -0.4 is 9.80 Å². The van der Waals surface area contributed by atoms with Crippen LogP contribution >= 0.6 is 38.9 Å². The van der Waals surface area contributed by atoms with Crippen LogP contribution in [0.4, 0.5) is 11.5 Å². The lowest BCUT2D eigenvalue weighted by atomic mass is 9.51. The van der Waals surface area contributed by atoms with Crippen LogP contribution in [0.25, 0.3) is 20.7 Å². The van der Waals surface area contributed by atoms with Crippen molar-refractivity contribution in [1.82, 2.24) is 9.78 Å². The number of imide groups is 2. The van der Waals surface area contributed by atoms with Crippen molar-refractivity contribution in [1.29, 1.82) is 0 Å². The number of phenolic OH excluding ortho intramolecular Hbond substituents is 1. The summed E-state index contributed by atoms with van der Waals surface area (Å²) in [6, 6.07) is 21.5. The molecule has 0 spiro atoms. The summed E-state index contributed by atoms with van der Waals surface area (Å²) in [6.45, 7) is 3.82. The second kappa shape index (κ2) is 11.7. The fraction of sp³-hybridized carbons (Fsp3) is 0.275. The zero-order valence-corrected chi connectivity index (χ0v) is 31.5. The van der Waals surface area contributed by atoms with Crippen LogP contribution in [-0.4, -0.2) is 38.5 Å². The van der Waals surface area contributed by atoms with Gasteiger partial charge in [-0.2, -0.15) is 5.10 Å². The molecule has 12 heteroatoms. The molecule has 9 rings (SSSR count). The van der Waals surface area contributed by atoms with Gasteiger partial charge in [-0.1, -0.05) is 57.4 Å². The molecule has 262 valence electrons. The number of halogens is 2. The smallest absolute Gasteiger partial charge is 0.242 e. The van der Waals surface area contributed by atoms with Gasteiger partial charge < -0.3 is 5.11 Å². The van der Waals surface area contributed by atoms with Crippen molar-refractivity contribution < 1.29 is 24.3 Å². The Morgan fingerprint density at radius 2 is 1.69 bits per heavy atom. The van der Waals surface area contributed by atoms with Crippen molar-refractivity contribution in [3.63, 3.8) is 0 Å². The van der Waals surface area contributed by atoms with E-state index in [1.54, 1.807) is 77.7 Å². The average molecular weight is 796 g/mol. The van der Waals surface area contributed by atoms with Gasteiger partial charge in [0.25, 0.3) is 0 Å². The lowest BCUT2D eigenvalue weighted by Crippen LogP contribution is -2.49. The highest BCUT2D eigenvalue weighted by atomic mass is 79.9. The summed E-state index contributed by atoms with van der Waals surface area (Å²) in [5, 5.41) is 17.7. The van der Waals surface area contributed by atoms with E-state index in [0.717, 1.165) is 30.6 Å². The Balaban J connectivity index is 1.15. The van der Waals surface area contributed by atoms with E-state index >= 15 is 4.79 Å². The first kappa shape index (κ1) is 33.3. The average Bonchev–Trinajstić information content (AvgIpc) is 3.79. The zero-order chi connectivity index (χ0) is 36.4. The number of amides is 4. The molecular weight excluding hydrogens is 764 g/mol. The molecule has 2 aliphatic heterocycles. The second-order valence-electron chi connectivity index (χ2n) is 14.4. The molecule has 4 amide bonds. The first-order valence-corrected chi connectivity index (χ1v) is 19.1. The van der Waals surface area contributed by atoms with Crippen molar-refractivity contribution in [2.75, 3.05) is 9.80 Å². The van der Waals surface area contributed by atoms with Crippen LogP contribution in [0.1, 0.15) is 36.8 Å². The molecule has 3 fully saturated rings. The number of aryl methyl sites for hydroxylation is 2. The molecule has 1 N–H and O–H groups in total. The summed E-state index contributed by atoms with van der Waals surface area (Å²) in [5.41, 5.74) is 2.16. The van der Waals surface area contributed by atoms with Gasteiger partial charge in [0, 0.05) is 38.8 Å². The fourth-order valence-electron chi connectivity index (χ4n) is 9.37. The molecule has 6 atom stereocenters. The first-order valence-electron chi connectivity index (χ1n) is 17.1. The predicted octanol–water partition coefficient (Wildman–Crippen LogP) is 8.17. The van der Waals surface area contributed by atoms with E-state index in [1.807, 2.05) is 38.1 Å². The number of aromatic nitrogens is 2. The van der Waals surface area contributed by atoms with Crippen LogP contribution in [0.15, 0.2) is 88.9 Å². The molecule has 6 unspecified atom stereocenters. The number of fused-ring (bicyclic) bond motifs is 5. The van der Waals surface area contributed by atoms with Gasteiger partial charge in [0.15, 0.2) is 0 Å². The van der Waals surface area contributed by atoms with Crippen molar-refractivity contribution in [3.05, 3.63) is 105 Å². The second-order valence-corrected chi connectivity index (χ2v) is 16.8. The van der Waals surface area contributed by atoms with Crippen molar-refractivity contribution in [2.24, 2.45) is 36.1 Å². The molecule has 4 aliphatic rings. The molecule has 52 heavy (non-hydrogen) atoms. The predicted molar refractivity (Wildman–Crippen MR) is 203 cm³/mol. The lowest BCUT2D eigenvalue weighted by molar-refractivity contribution is -0.131. The number of aromatic hydroxyl groups is 1. The molecule has 2 saturated heterocycles. The molecule has 0 radical (unpaired) electrons. The maximum atomic E-state index is 15.0. The van der Waals surface area contributed by atoms with Gasteiger partial charge in [-0.05, 0) is 92.1 Å². The van der Waals surface area contributed by atoms with E-state index in [2.05, 4.69) is 15.9 Å². The van der Waals surface area contributed by atoms with E-state index in [-0.39, 0.29) is 29.9 Å². The highest BCUT2D eigenvalue weighted by molar-refractivity contribution is 9.10. The SMILES string of the molecule is Cc1c(-c2cc(N3C(=O)C4CC5C(=CCC6C(=O)N(c7ccc(Br)cc7)C(=O)C65)C(c5ccccc5O)C4(C)C3=O)n(C)n2)sc2ccc(Cl)cc12. The quantitative estimate of drug-likeness (QED) is 0.145. The monoisotopic (exact) mass is 794 g/mol. The largest absolute Gasteiger partial charge is 0.508 e. The molecule has 9 nitrogen and oxygen atoms in total. The maximum Gasteiger partial charge on any atom is 0.242 e. The van der Waals surface area contributed by atoms with Gasteiger partial charge in [0.05, 0.1) is 33.7 Å². The van der Waals surface area contributed by atoms with Crippen LogP contribution in [0.3, 0.4) is 0 Å². The summed E-state index contributed by atoms with van der Waals surface area (Å²) in [6.07, 6.45) is 2.51. The van der Waals surface area contributed by atoms with Crippen LogP contribution in [-0.2, 0) is 26.2 Å². The number of carbonyl (C=O) groups is 4. The van der Waals surface area contributed by atoms with Gasteiger partial charge >= 0.3 is 0 Å². The van der Waals surface area contributed by atoms with Gasteiger partial charge in [-0.3, -0.25) is 28.8 Å². The fourth-order valence-corrected chi connectivity index (χ4v) is 11.0. The number of hydrogen-bond acceptors (Lipinski definition) is 7. The van der Waals surface area contributed by atoms with Gasteiger partial charge in [-0.15, -0.1) is 11.3 Å². The first-order chi connectivity index (χ1) is 24.9. The molecule has 2 aliphatic carbocycles. The summed E-state index contributed by atoms with van der Waals surface area (Å²) < 4.78 is 3.44. The number of allylic oxidation sites excluding steroid dienone is 2. The topological polar surface area (TPSA) is 113 Å². The molecule has 2 aromatic heterocycles. The highest BCUT2D eigenvalue weighted by Crippen LogP contribution is 2.64. The van der Waals surface area contributed by atoms with Crippen molar-refractivity contribution in [3.8, 4) is 16.3 Å². The van der Waals surface area contributed by atoms with E-state index < -0.39 is 40.9 Å². The Morgan fingerprint density at radius 3 is 2.44 bits per heavy atom. The summed E-state index contributed by atoms with van der Waals surface area (Å²) in [4.78, 5) is 61.5. The Hall–Kier alpha value is -4.58. The van der Waals surface area contributed by atoms with Crippen LogP contribution in [0, 0.1) is 36.0 Å². The molecule has 0 bridgehead atoms.